The molecule has 202 valence electrons. The fraction of sp³-hybridized carbons (Fsp3) is 0.769. The number of rotatable bonds is 9. The summed E-state index contributed by atoms with van der Waals surface area (Å²) in [5.74, 6) is -63.8. The molecule has 0 saturated heterocycles. The van der Waals surface area contributed by atoms with Crippen LogP contribution in [-0.4, -0.2) is 59.7 Å². The van der Waals surface area contributed by atoms with E-state index in [9.17, 15) is 88.2 Å². The van der Waals surface area contributed by atoms with Gasteiger partial charge in [-0.25, -0.2) is 4.79 Å². The maximum absolute atomic E-state index is 13.4. The lowest BCUT2D eigenvalue weighted by Gasteiger charge is -2.43. The maximum Gasteiger partial charge on any atom is 0.473 e. The van der Waals surface area contributed by atoms with Gasteiger partial charge in [-0.1, -0.05) is 6.58 Å². The number of hydrogen-bond acceptors (Lipinski definition) is 2. The van der Waals surface area contributed by atoms with Gasteiger partial charge in [-0.2, -0.15) is 83.4 Å². The first-order chi connectivity index (χ1) is 14.3. The first-order valence-electron chi connectivity index (χ1n) is 7.31. The quantitative estimate of drug-likeness (QED) is 0.180. The van der Waals surface area contributed by atoms with E-state index < -0.39 is 65.3 Å². The zero-order valence-electron chi connectivity index (χ0n) is 15.2. The minimum atomic E-state index is -9.03. The van der Waals surface area contributed by atoms with Gasteiger partial charge in [0.05, 0.1) is 0 Å². The number of carbonyl (C=O) groups excluding carboxylic acids is 1. The summed E-state index contributed by atoms with van der Waals surface area (Å²) in [6.07, 6.45) is -15.3. The molecule has 0 radical (unpaired) electrons. The number of esters is 1. The number of carbonyl (C=O) groups is 1. The van der Waals surface area contributed by atoms with Gasteiger partial charge >= 0.3 is 59.7 Å². The molecule has 0 heterocycles. The Labute approximate surface area is 173 Å². The number of halogens is 19. The van der Waals surface area contributed by atoms with Gasteiger partial charge in [-0.3, -0.25) is 0 Å². The zero-order valence-corrected chi connectivity index (χ0v) is 15.2. The van der Waals surface area contributed by atoms with Gasteiger partial charge in [0, 0.05) is 5.57 Å². The van der Waals surface area contributed by atoms with Crippen molar-refractivity contribution in [2.75, 3.05) is 0 Å². The Morgan fingerprint density at radius 2 is 0.735 bits per heavy atom. The van der Waals surface area contributed by atoms with E-state index in [2.05, 4.69) is 11.3 Å². The molecule has 0 aromatic carbocycles. The molecule has 0 aromatic heterocycles. The highest BCUT2D eigenvalue weighted by Crippen LogP contribution is 2.65. The van der Waals surface area contributed by atoms with Crippen LogP contribution in [0, 0.1) is 0 Å². The molecule has 0 atom stereocenters. The summed E-state index contributed by atoms with van der Waals surface area (Å²) in [5, 5.41) is 0. The van der Waals surface area contributed by atoms with Crippen molar-refractivity contribution < 1.29 is 92.9 Å². The molecule has 0 aliphatic heterocycles. The van der Waals surface area contributed by atoms with Crippen molar-refractivity contribution in [1.82, 2.24) is 0 Å². The van der Waals surface area contributed by atoms with Gasteiger partial charge in [0.2, 0.25) is 0 Å². The smallest absolute Gasteiger partial charge is 0.393 e. The molecule has 0 amide bonds. The van der Waals surface area contributed by atoms with Gasteiger partial charge in [-0.05, 0) is 6.92 Å². The Balaban J connectivity index is 6.88. The third kappa shape index (κ3) is 4.01. The summed E-state index contributed by atoms with van der Waals surface area (Å²) >= 11 is 0. The average molecular weight is 554 g/mol. The Morgan fingerprint density at radius 3 is 0.971 bits per heavy atom. The monoisotopic (exact) mass is 554 g/mol. The molecule has 34 heavy (non-hydrogen) atoms. The average Bonchev–Trinajstić information content (AvgIpc) is 2.58. The largest absolute Gasteiger partial charge is 0.473 e. The summed E-state index contributed by atoms with van der Waals surface area (Å²) in [6, 6.07) is 0. The lowest BCUT2D eigenvalue weighted by Crippen LogP contribution is -2.76. The van der Waals surface area contributed by atoms with Crippen molar-refractivity contribution in [1.29, 1.82) is 0 Å². The summed E-state index contributed by atoms with van der Waals surface area (Å²) in [6.45, 7) is 2.75. The first-order valence-corrected chi connectivity index (χ1v) is 7.31. The molecular formula is C13H5F19O2. The van der Waals surface area contributed by atoms with Crippen LogP contribution in [0.4, 0.5) is 83.4 Å². The van der Waals surface area contributed by atoms with Crippen LogP contribution in [0.25, 0.3) is 0 Å². The van der Waals surface area contributed by atoms with E-state index in [-0.39, 0.29) is 0 Å². The third-order valence-corrected chi connectivity index (χ3v) is 3.66. The number of alkyl halides is 19. The Bertz CT molecular complexity index is 806. The van der Waals surface area contributed by atoms with E-state index in [4.69, 9.17) is 0 Å². The van der Waals surface area contributed by atoms with E-state index in [1.54, 1.807) is 0 Å². The fourth-order valence-electron chi connectivity index (χ4n) is 1.61. The zero-order chi connectivity index (χ0) is 28.4. The Morgan fingerprint density at radius 1 is 0.500 bits per heavy atom. The highest BCUT2D eigenvalue weighted by molar-refractivity contribution is 5.87. The molecule has 21 heteroatoms. The highest BCUT2D eigenvalue weighted by atomic mass is 19.4. The van der Waals surface area contributed by atoms with Crippen molar-refractivity contribution in [3.8, 4) is 0 Å². The highest BCUT2D eigenvalue weighted by Gasteiger charge is 2.97. The predicted octanol–water partition coefficient (Wildman–Crippen LogP) is 6.71. The van der Waals surface area contributed by atoms with Crippen LogP contribution < -0.4 is 0 Å². The molecule has 0 saturated carbocycles. The molecule has 0 aromatic rings. The maximum atomic E-state index is 13.4. The summed E-state index contributed by atoms with van der Waals surface area (Å²) in [5.41, 5.74) is -1.36. The van der Waals surface area contributed by atoms with Crippen molar-refractivity contribution >= 4 is 5.97 Å². The second-order valence-corrected chi connectivity index (χ2v) is 6.21. The molecular weight excluding hydrogens is 549 g/mol. The standard InChI is InChI=1S/C13H5F19O2/c1-3(2)4(33)34-13(31,32)11(26,27)9(22,23)7(18,19)5(14,15)6(16,17)8(20,21)10(24,25)12(28,29)30/h1H2,2H3. The minimum absolute atomic E-state index is 0.334. The summed E-state index contributed by atoms with van der Waals surface area (Å²) in [4.78, 5) is 10.7. The topological polar surface area (TPSA) is 26.3 Å². The molecule has 0 spiro atoms. The molecule has 0 fully saturated rings. The van der Waals surface area contributed by atoms with E-state index in [0.717, 1.165) is 0 Å². The number of hydrogen-bond donors (Lipinski definition) is 0. The SMILES string of the molecule is C=C(C)C(=O)OC(F)(F)C(F)(F)C(F)(F)C(F)(F)C(F)(F)C(F)(F)C(F)(F)C(F)(F)C(F)(F)F. The van der Waals surface area contributed by atoms with Crippen molar-refractivity contribution in [2.24, 2.45) is 0 Å². The molecule has 0 unspecified atom stereocenters. The third-order valence-electron chi connectivity index (χ3n) is 3.66. The van der Waals surface area contributed by atoms with Crippen LogP contribution in [0.5, 0.6) is 0 Å². The van der Waals surface area contributed by atoms with Gasteiger partial charge in [0.15, 0.2) is 0 Å². The van der Waals surface area contributed by atoms with Gasteiger partial charge in [0.25, 0.3) is 0 Å². The lowest BCUT2D eigenvalue weighted by molar-refractivity contribution is -0.478. The normalized spacial score (nSPS) is 15.9. The number of ether oxygens (including phenoxy) is 1. The second kappa shape index (κ2) is 7.95. The van der Waals surface area contributed by atoms with Crippen molar-refractivity contribution in [3.63, 3.8) is 0 Å². The molecule has 0 aliphatic rings. The Kier molecular flexibility index (Phi) is 7.46. The van der Waals surface area contributed by atoms with E-state index in [1.807, 2.05) is 0 Å². The molecule has 0 rings (SSSR count). The van der Waals surface area contributed by atoms with Crippen LogP contribution in [0.2, 0.25) is 0 Å². The van der Waals surface area contributed by atoms with E-state index >= 15 is 0 Å². The van der Waals surface area contributed by atoms with Crippen molar-refractivity contribution in [2.45, 2.75) is 60.7 Å². The summed E-state index contributed by atoms with van der Waals surface area (Å²) < 4.78 is 249. The second-order valence-electron chi connectivity index (χ2n) is 6.21. The lowest BCUT2D eigenvalue weighted by atomic mass is 9.88. The first kappa shape index (κ1) is 31.9. The molecule has 0 N–H and O–H groups in total. The van der Waals surface area contributed by atoms with E-state index in [1.165, 1.54) is 0 Å². The van der Waals surface area contributed by atoms with Crippen molar-refractivity contribution in [3.05, 3.63) is 12.2 Å². The summed E-state index contributed by atoms with van der Waals surface area (Å²) in [7, 11) is 0. The molecule has 0 aliphatic carbocycles. The van der Waals surface area contributed by atoms with Crippen LogP contribution in [-0.2, 0) is 9.53 Å². The predicted molar refractivity (Wildman–Crippen MR) is 66.5 cm³/mol. The molecule has 2 nitrogen and oxygen atoms in total. The van der Waals surface area contributed by atoms with Crippen LogP contribution in [0.1, 0.15) is 6.92 Å². The van der Waals surface area contributed by atoms with Crippen LogP contribution in [0.15, 0.2) is 12.2 Å². The van der Waals surface area contributed by atoms with Gasteiger partial charge < -0.3 is 4.74 Å². The van der Waals surface area contributed by atoms with Gasteiger partial charge in [0.1, 0.15) is 0 Å². The van der Waals surface area contributed by atoms with Crippen LogP contribution >= 0.6 is 0 Å². The van der Waals surface area contributed by atoms with Crippen LogP contribution in [0.3, 0.4) is 0 Å². The molecule has 0 bridgehead atoms. The minimum Gasteiger partial charge on any atom is -0.393 e. The fourth-order valence-corrected chi connectivity index (χ4v) is 1.61. The Hall–Kier alpha value is -2.12. The van der Waals surface area contributed by atoms with Gasteiger partial charge in [-0.15, -0.1) is 0 Å². The van der Waals surface area contributed by atoms with E-state index in [0.29, 0.717) is 6.92 Å².